The zero-order chi connectivity index (χ0) is 14.5. The summed E-state index contributed by atoms with van der Waals surface area (Å²) in [6.07, 6.45) is 0.998. The van der Waals surface area contributed by atoms with Crippen molar-refractivity contribution in [3.63, 3.8) is 0 Å². The second-order valence-corrected chi connectivity index (χ2v) is 8.50. The van der Waals surface area contributed by atoms with Gasteiger partial charge in [-0.3, -0.25) is 0 Å². The van der Waals surface area contributed by atoms with E-state index in [1.807, 2.05) is 18.2 Å². The van der Waals surface area contributed by atoms with Gasteiger partial charge in [-0.05, 0) is 5.56 Å². The van der Waals surface area contributed by atoms with E-state index in [0.29, 0.717) is 0 Å². The molecule has 0 radical (unpaired) electrons. The van der Waals surface area contributed by atoms with E-state index >= 15 is 0 Å². The van der Waals surface area contributed by atoms with Crippen LogP contribution in [0.3, 0.4) is 0 Å². The predicted octanol–water partition coefficient (Wildman–Crippen LogP) is -0.350. The van der Waals surface area contributed by atoms with Gasteiger partial charge in [-0.25, -0.2) is 21.6 Å². The lowest BCUT2D eigenvalue weighted by molar-refractivity contribution is 0.571. The van der Waals surface area contributed by atoms with E-state index < -0.39 is 37.4 Å². The molecule has 0 bridgehead atoms. The van der Waals surface area contributed by atoms with Crippen LogP contribution in [0.4, 0.5) is 0 Å². The molecule has 0 saturated heterocycles. The minimum absolute atomic E-state index is 0.0378. The van der Waals surface area contributed by atoms with Gasteiger partial charge in [-0.2, -0.15) is 0 Å². The van der Waals surface area contributed by atoms with E-state index in [1.165, 1.54) is 0 Å². The lowest BCUT2D eigenvalue weighted by Gasteiger charge is -2.13. The summed E-state index contributed by atoms with van der Waals surface area (Å²) >= 11 is 0. The van der Waals surface area contributed by atoms with E-state index in [9.17, 15) is 16.8 Å². The average Bonchev–Trinajstić information content (AvgIpc) is 2.34. The number of nitrogens with two attached hydrogens (primary N) is 1. The summed E-state index contributed by atoms with van der Waals surface area (Å²) in [6.45, 7) is 0.0378. The first-order chi connectivity index (χ1) is 8.70. The molecule has 108 valence electrons. The molecule has 0 heterocycles. The third kappa shape index (κ3) is 6.67. The Kier molecular flexibility index (Phi) is 5.48. The molecule has 0 spiro atoms. The van der Waals surface area contributed by atoms with Crippen LogP contribution >= 0.6 is 0 Å². The topological polar surface area (TPSA) is 106 Å². The van der Waals surface area contributed by atoms with Crippen molar-refractivity contribution in [3.8, 4) is 0 Å². The maximum Gasteiger partial charge on any atom is 0.212 e. The summed E-state index contributed by atoms with van der Waals surface area (Å²) in [7, 11) is -6.93. The number of nitrogens with one attached hydrogen (secondary N) is 1. The maximum absolute atomic E-state index is 11.6. The normalized spacial score (nSPS) is 14.2. The van der Waals surface area contributed by atoms with Crippen LogP contribution in [0.2, 0.25) is 0 Å². The minimum Gasteiger partial charge on any atom is -0.323 e. The first kappa shape index (κ1) is 16.1. The molecular weight excluding hydrogens is 288 g/mol. The van der Waals surface area contributed by atoms with Crippen LogP contribution in [0, 0.1) is 0 Å². The van der Waals surface area contributed by atoms with E-state index in [4.69, 9.17) is 5.73 Å². The quantitative estimate of drug-likeness (QED) is 0.716. The molecule has 0 aliphatic heterocycles. The smallest absolute Gasteiger partial charge is 0.212 e. The van der Waals surface area contributed by atoms with Crippen LogP contribution in [0.15, 0.2) is 30.3 Å². The molecule has 6 nitrogen and oxygen atoms in total. The summed E-state index contributed by atoms with van der Waals surface area (Å²) in [6, 6.07) is 8.60. The van der Waals surface area contributed by atoms with Crippen molar-refractivity contribution in [1.82, 2.24) is 4.72 Å². The lowest BCUT2D eigenvalue weighted by atomic mass is 10.1. The van der Waals surface area contributed by atoms with Gasteiger partial charge in [0.1, 0.15) is 9.84 Å². The Hall–Kier alpha value is -0.960. The fourth-order valence-electron chi connectivity index (χ4n) is 1.37. The van der Waals surface area contributed by atoms with Gasteiger partial charge in [0.2, 0.25) is 10.0 Å². The van der Waals surface area contributed by atoms with E-state index in [0.717, 1.165) is 11.8 Å². The van der Waals surface area contributed by atoms with Crippen LogP contribution in [0.1, 0.15) is 11.6 Å². The van der Waals surface area contributed by atoms with Crippen molar-refractivity contribution in [2.75, 3.05) is 24.3 Å². The number of sulfonamides is 1. The molecule has 1 rings (SSSR count). The molecule has 0 aliphatic carbocycles. The maximum atomic E-state index is 11.6. The van der Waals surface area contributed by atoms with Crippen LogP contribution in [-0.4, -0.2) is 41.1 Å². The Bertz CT molecular complexity index is 597. The molecular formula is C11H18N2O4S2. The molecule has 3 N–H and O–H groups in total. The van der Waals surface area contributed by atoms with Crippen LogP contribution in [0.5, 0.6) is 0 Å². The van der Waals surface area contributed by atoms with E-state index in [2.05, 4.69) is 4.72 Å². The lowest BCUT2D eigenvalue weighted by Crippen LogP contribution is -2.35. The first-order valence-electron chi connectivity index (χ1n) is 5.65. The van der Waals surface area contributed by atoms with Crippen LogP contribution < -0.4 is 10.5 Å². The molecule has 0 aromatic heterocycles. The van der Waals surface area contributed by atoms with Crippen LogP contribution in [0.25, 0.3) is 0 Å². The zero-order valence-electron chi connectivity index (χ0n) is 10.6. The van der Waals surface area contributed by atoms with Gasteiger partial charge in [0, 0.05) is 18.8 Å². The Balaban J connectivity index is 2.52. The SMILES string of the molecule is CS(=O)(=O)CCS(=O)(=O)NCC(N)c1ccccc1. The minimum atomic E-state index is -3.63. The highest BCUT2D eigenvalue weighted by Crippen LogP contribution is 2.08. The molecule has 1 atom stereocenters. The first-order valence-corrected chi connectivity index (χ1v) is 9.36. The Labute approximate surface area is 114 Å². The molecule has 0 aliphatic rings. The third-order valence-electron chi connectivity index (χ3n) is 2.47. The van der Waals surface area contributed by atoms with Gasteiger partial charge in [0.05, 0.1) is 11.5 Å². The molecule has 1 aromatic carbocycles. The molecule has 8 heteroatoms. The average molecular weight is 306 g/mol. The van der Waals surface area contributed by atoms with Crippen LogP contribution in [-0.2, 0) is 19.9 Å². The zero-order valence-corrected chi connectivity index (χ0v) is 12.2. The third-order valence-corrected chi connectivity index (χ3v) is 5.03. The number of hydrogen-bond acceptors (Lipinski definition) is 5. The molecule has 1 aromatic rings. The van der Waals surface area contributed by atoms with Gasteiger partial charge < -0.3 is 5.73 Å². The van der Waals surface area contributed by atoms with Crippen molar-refractivity contribution in [3.05, 3.63) is 35.9 Å². The largest absolute Gasteiger partial charge is 0.323 e. The highest BCUT2D eigenvalue weighted by atomic mass is 32.2. The summed E-state index contributed by atoms with van der Waals surface area (Å²) in [4.78, 5) is 0. The van der Waals surface area contributed by atoms with Gasteiger partial charge in [0.25, 0.3) is 0 Å². The number of rotatable bonds is 7. The van der Waals surface area contributed by atoms with Gasteiger partial charge >= 0.3 is 0 Å². The van der Waals surface area contributed by atoms with Gasteiger partial charge in [-0.15, -0.1) is 0 Å². The molecule has 0 fully saturated rings. The fraction of sp³-hybridized carbons (Fsp3) is 0.455. The van der Waals surface area contributed by atoms with Gasteiger partial charge in [0.15, 0.2) is 0 Å². The van der Waals surface area contributed by atoms with Crippen molar-refractivity contribution in [1.29, 1.82) is 0 Å². The van der Waals surface area contributed by atoms with Gasteiger partial charge in [-0.1, -0.05) is 30.3 Å². The van der Waals surface area contributed by atoms with Crippen molar-refractivity contribution in [2.24, 2.45) is 5.73 Å². The standard InChI is InChI=1S/C11H18N2O4S2/c1-18(14,15)7-8-19(16,17)13-9-11(12)10-5-3-2-4-6-10/h2-6,11,13H,7-9,12H2,1H3. The highest BCUT2D eigenvalue weighted by Gasteiger charge is 2.16. The summed E-state index contributed by atoms with van der Waals surface area (Å²) < 4.78 is 47.3. The molecule has 19 heavy (non-hydrogen) atoms. The Morgan fingerprint density at radius 3 is 2.21 bits per heavy atom. The summed E-state index contributed by atoms with van der Waals surface area (Å²) in [5.41, 5.74) is 6.65. The Morgan fingerprint density at radius 1 is 1.11 bits per heavy atom. The second-order valence-electron chi connectivity index (χ2n) is 4.31. The highest BCUT2D eigenvalue weighted by molar-refractivity contribution is 7.93. The van der Waals surface area contributed by atoms with Crippen molar-refractivity contribution >= 4 is 19.9 Å². The van der Waals surface area contributed by atoms with E-state index in [-0.39, 0.29) is 6.54 Å². The second kappa shape index (κ2) is 6.47. The number of benzene rings is 1. The van der Waals surface area contributed by atoms with Crippen molar-refractivity contribution < 1.29 is 16.8 Å². The Morgan fingerprint density at radius 2 is 1.68 bits per heavy atom. The monoisotopic (exact) mass is 306 g/mol. The van der Waals surface area contributed by atoms with E-state index in [1.54, 1.807) is 12.1 Å². The summed E-state index contributed by atoms with van der Waals surface area (Å²) in [5, 5.41) is 0. The predicted molar refractivity (Wildman–Crippen MR) is 74.9 cm³/mol. The molecule has 1 unspecified atom stereocenters. The molecule has 0 saturated carbocycles. The fourth-order valence-corrected chi connectivity index (χ4v) is 4.03. The number of hydrogen-bond donors (Lipinski definition) is 2. The van der Waals surface area contributed by atoms with Crippen molar-refractivity contribution in [2.45, 2.75) is 6.04 Å². The summed E-state index contributed by atoms with van der Waals surface area (Å²) in [5.74, 6) is -0.851. The number of sulfone groups is 1. The molecule has 0 amide bonds.